The van der Waals surface area contributed by atoms with Crippen LogP contribution in [0.25, 0.3) is 0 Å². The third-order valence-corrected chi connectivity index (χ3v) is 5.21. The summed E-state index contributed by atoms with van der Waals surface area (Å²) in [5.41, 5.74) is 5.96. The fraction of sp³-hybridized carbons (Fsp3) is 0.467. The predicted octanol–water partition coefficient (Wildman–Crippen LogP) is 4.73. The van der Waals surface area contributed by atoms with E-state index in [0.29, 0.717) is 11.7 Å². The van der Waals surface area contributed by atoms with E-state index < -0.39 is 5.54 Å². The van der Waals surface area contributed by atoms with Gasteiger partial charge in [-0.1, -0.05) is 29.6 Å². The molecule has 1 aliphatic carbocycles. The molecule has 0 bridgehead atoms. The van der Waals surface area contributed by atoms with E-state index in [4.69, 9.17) is 21.9 Å². The first kappa shape index (κ1) is 17.6. The first-order valence-electron chi connectivity index (χ1n) is 7.12. The molecule has 1 aromatic carbocycles. The molecule has 1 saturated carbocycles. The van der Waals surface area contributed by atoms with Crippen molar-refractivity contribution >= 4 is 35.8 Å². The van der Waals surface area contributed by atoms with Crippen LogP contribution in [-0.2, 0) is 5.54 Å². The fourth-order valence-corrected chi connectivity index (χ4v) is 3.62. The summed E-state index contributed by atoms with van der Waals surface area (Å²) < 4.78 is 5.41. The molecule has 1 fully saturated rings. The number of nitrogens with two attached hydrogens (primary N) is 1. The van der Waals surface area contributed by atoms with Crippen LogP contribution in [0.5, 0.6) is 0 Å². The van der Waals surface area contributed by atoms with Gasteiger partial charge < -0.3 is 10.3 Å². The minimum absolute atomic E-state index is 0. The maximum atomic E-state index is 6.36. The predicted molar refractivity (Wildman–Crippen MR) is 91.6 cm³/mol. The maximum Gasteiger partial charge on any atom is 0.239 e. The van der Waals surface area contributed by atoms with Gasteiger partial charge in [-0.3, -0.25) is 0 Å². The number of hydrogen-bond donors (Lipinski definition) is 1. The summed E-state index contributed by atoms with van der Waals surface area (Å²) in [5, 5.41) is 4.92. The zero-order valence-corrected chi connectivity index (χ0v) is 14.7. The minimum Gasteiger partial charge on any atom is -0.338 e. The van der Waals surface area contributed by atoms with Crippen molar-refractivity contribution in [2.75, 3.05) is 0 Å². The topological polar surface area (TPSA) is 64.9 Å². The molecule has 1 unspecified atom stereocenters. The average molecular weight is 360 g/mol. The molecular formula is C15H19Cl2N3OS. The minimum atomic E-state index is -0.396. The number of nitrogens with zero attached hydrogens (tertiary/aromatic N) is 2. The van der Waals surface area contributed by atoms with Gasteiger partial charge in [0.25, 0.3) is 0 Å². The number of aromatic nitrogens is 2. The van der Waals surface area contributed by atoms with Gasteiger partial charge in [-0.15, -0.1) is 24.2 Å². The number of halogens is 2. The quantitative estimate of drug-likeness (QED) is 0.799. The van der Waals surface area contributed by atoms with Gasteiger partial charge in [-0.2, -0.15) is 4.98 Å². The maximum absolute atomic E-state index is 6.36. The van der Waals surface area contributed by atoms with Gasteiger partial charge in [0.15, 0.2) is 5.82 Å². The van der Waals surface area contributed by atoms with Crippen molar-refractivity contribution in [3.05, 3.63) is 41.0 Å². The summed E-state index contributed by atoms with van der Waals surface area (Å²) in [4.78, 5) is 5.65. The molecule has 3 rings (SSSR count). The molecule has 120 valence electrons. The molecule has 0 radical (unpaired) electrons. The molecule has 1 aliphatic rings. The number of hydrogen-bond acceptors (Lipinski definition) is 5. The van der Waals surface area contributed by atoms with Crippen molar-refractivity contribution in [1.82, 2.24) is 10.1 Å². The molecule has 7 heteroatoms. The van der Waals surface area contributed by atoms with Crippen molar-refractivity contribution in [2.24, 2.45) is 5.73 Å². The zero-order chi connectivity index (χ0) is 14.9. The number of benzene rings is 1. The smallest absolute Gasteiger partial charge is 0.239 e. The van der Waals surface area contributed by atoms with Crippen molar-refractivity contribution in [2.45, 2.75) is 48.3 Å². The van der Waals surface area contributed by atoms with E-state index in [9.17, 15) is 0 Å². The molecule has 1 atom stereocenters. The molecular weight excluding hydrogens is 341 g/mol. The van der Waals surface area contributed by atoms with Crippen molar-refractivity contribution < 1.29 is 4.52 Å². The van der Waals surface area contributed by atoms with Gasteiger partial charge in [0.2, 0.25) is 5.89 Å². The summed E-state index contributed by atoms with van der Waals surface area (Å²) in [5.74, 6) is 1.28. The first-order chi connectivity index (χ1) is 10.1. The van der Waals surface area contributed by atoms with Crippen LogP contribution in [0.15, 0.2) is 33.7 Å². The van der Waals surface area contributed by atoms with E-state index in [1.165, 1.54) is 0 Å². The second kappa shape index (κ2) is 7.21. The van der Waals surface area contributed by atoms with Gasteiger partial charge in [0, 0.05) is 9.92 Å². The Bertz CT molecular complexity index is 612. The van der Waals surface area contributed by atoms with Crippen LogP contribution in [0.1, 0.15) is 49.6 Å². The fourth-order valence-electron chi connectivity index (χ4n) is 2.60. The van der Waals surface area contributed by atoms with Crippen molar-refractivity contribution in [1.29, 1.82) is 0 Å². The Labute approximate surface area is 145 Å². The molecule has 0 saturated heterocycles. The molecule has 0 amide bonds. The molecule has 1 heterocycles. The van der Waals surface area contributed by atoms with Gasteiger partial charge >= 0.3 is 0 Å². The van der Waals surface area contributed by atoms with Gasteiger partial charge in [-0.05, 0) is 44.0 Å². The van der Waals surface area contributed by atoms with E-state index in [2.05, 4.69) is 17.1 Å². The lowest BCUT2D eigenvalue weighted by atomic mass is 9.99. The van der Waals surface area contributed by atoms with E-state index in [1.807, 2.05) is 24.3 Å². The summed E-state index contributed by atoms with van der Waals surface area (Å²) in [6.45, 7) is 2.05. The number of rotatable bonds is 4. The van der Waals surface area contributed by atoms with E-state index in [0.717, 1.165) is 35.6 Å². The van der Waals surface area contributed by atoms with Gasteiger partial charge in [0.1, 0.15) is 0 Å². The Kier molecular flexibility index (Phi) is 5.77. The Morgan fingerprint density at radius 3 is 2.55 bits per heavy atom. The third-order valence-electron chi connectivity index (χ3n) is 3.86. The molecule has 1 aromatic heterocycles. The Balaban J connectivity index is 0.00000176. The van der Waals surface area contributed by atoms with Crippen molar-refractivity contribution in [3.8, 4) is 0 Å². The van der Waals surface area contributed by atoms with E-state index in [1.54, 1.807) is 11.8 Å². The summed E-state index contributed by atoms with van der Waals surface area (Å²) in [6.07, 6.45) is 4.14. The standard InChI is InChI=1S/C15H18ClN3OS.ClH/c1-10(21-12-6-4-11(16)5-7-12)13-18-14(19-20-13)15(17)8-2-3-9-15;/h4-7,10H,2-3,8-9,17H2,1H3;1H. The van der Waals surface area contributed by atoms with Crippen LogP contribution < -0.4 is 5.73 Å². The van der Waals surface area contributed by atoms with Crippen LogP contribution in [-0.4, -0.2) is 10.1 Å². The molecule has 2 aromatic rings. The van der Waals surface area contributed by atoms with Crippen LogP contribution >= 0.6 is 35.8 Å². The van der Waals surface area contributed by atoms with Crippen LogP contribution in [0.3, 0.4) is 0 Å². The van der Waals surface area contributed by atoms with Gasteiger partial charge in [-0.25, -0.2) is 0 Å². The highest BCUT2D eigenvalue weighted by atomic mass is 35.5. The Morgan fingerprint density at radius 1 is 1.27 bits per heavy atom. The van der Waals surface area contributed by atoms with Crippen LogP contribution in [0.2, 0.25) is 5.02 Å². The summed E-state index contributed by atoms with van der Waals surface area (Å²) in [7, 11) is 0. The molecule has 2 N–H and O–H groups in total. The van der Waals surface area contributed by atoms with Crippen molar-refractivity contribution in [3.63, 3.8) is 0 Å². The first-order valence-corrected chi connectivity index (χ1v) is 8.38. The van der Waals surface area contributed by atoms with Crippen LogP contribution in [0, 0.1) is 0 Å². The normalized spacial score (nSPS) is 18.0. The van der Waals surface area contributed by atoms with Gasteiger partial charge in [0.05, 0.1) is 10.8 Å². The Morgan fingerprint density at radius 2 is 1.91 bits per heavy atom. The second-order valence-corrected chi connectivity index (χ2v) is 7.38. The number of thioether (sulfide) groups is 1. The highest BCUT2D eigenvalue weighted by Gasteiger charge is 2.36. The SMILES string of the molecule is CC(Sc1ccc(Cl)cc1)c1nc(C2(N)CCCC2)no1.Cl. The monoisotopic (exact) mass is 359 g/mol. The average Bonchev–Trinajstić information content (AvgIpc) is 3.11. The third kappa shape index (κ3) is 3.77. The lowest BCUT2D eigenvalue weighted by Gasteiger charge is -2.17. The lowest BCUT2D eigenvalue weighted by molar-refractivity contribution is 0.349. The molecule has 0 spiro atoms. The highest BCUT2D eigenvalue weighted by molar-refractivity contribution is 7.99. The summed E-state index contributed by atoms with van der Waals surface area (Å²) in [6, 6.07) is 7.73. The largest absolute Gasteiger partial charge is 0.338 e. The summed E-state index contributed by atoms with van der Waals surface area (Å²) >= 11 is 7.56. The molecule has 4 nitrogen and oxygen atoms in total. The Hall–Kier alpha value is -0.750. The highest BCUT2D eigenvalue weighted by Crippen LogP contribution is 2.38. The van der Waals surface area contributed by atoms with Crippen LogP contribution in [0.4, 0.5) is 0 Å². The zero-order valence-electron chi connectivity index (χ0n) is 12.3. The van der Waals surface area contributed by atoms with E-state index in [-0.39, 0.29) is 17.7 Å². The van der Waals surface area contributed by atoms with E-state index >= 15 is 0 Å². The lowest BCUT2D eigenvalue weighted by Crippen LogP contribution is -2.34. The molecule has 22 heavy (non-hydrogen) atoms. The molecule has 0 aliphatic heterocycles. The second-order valence-electron chi connectivity index (χ2n) is 5.53.